The quantitative estimate of drug-likeness (QED) is 0.143. The summed E-state index contributed by atoms with van der Waals surface area (Å²) in [5.41, 5.74) is 1.92. The van der Waals surface area contributed by atoms with Gasteiger partial charge in [0.15, 0.2) is 5.76 Å². The maximum absolute atomic E-state index is 15.3. The molecule has 326 valence electrons. The van der Waals surface area contributed by atoms with Crippen molar-refractivity contribution in [3.05, 3.63) is 107 Å². The van der Waals surface area contributed by atoms with Crippen molar-refractivity contribution in [3.63, 3.8) is 0 Å². The van der Waals surface area contributed by atoms with Crippen LogP contribution in [-0.4, -0.2) is 116 Å². The molecule has 1 unspecified atom stereocenters. The number of benzene rings is 2. The Morgan fingerprint density at radius 2 is 1.87 bits per heavy atom. The summed E-state index contributed by atoms with van der Waals surface area (Å²) in [7, 11) is 5.09. The number of hydrogen-bond donors (Lipinski definition) is 3. The number of anilines is 1. The van der Waals surface area contributed by atoms with E-state index in [0.717, 1.165) is 59.5 Å². The van der Waals surface area contributed by atoms with Gasteiger partial charge in [0, 0.05) is 90.9 Å². The van der Waals surface area contributed by atoms with Crippen molar-refractivity contribution >= 4 is 34.4 Å². The summed E-state index contributed by atoms with van der Waals surface area (Å²) in [6, 6.07) is 14.8. The maximum Gasteiger partial charge on any atom is 0.322 e. The van der Waals surface area contributed by atoms with Crippen LogP contribution in [0.2, 0.25) is 0 Å². The van der Waals surface area contributed by atoms with Crippen LogP contribution in [-0.2, 0) is 36.4 Å². The second-order valence-corrected chi connectivity index (χ2v) is 18.5. The molecule has 9 atom stereocenters. The number of carbonyl (C=O) groups excluding carboxylic acids is 3. The number of H-pyrrole nitrogens is 1. The van der Waals surface area contributed by atoms with E-state index in [4.69, 9.17) is 18.6 Å². The first kappa shape index (κ1) is 40.7. The van der Waals surface area contributed by atoms with Crippen LogP contribution in [0.15, 0.2) is 83.0 Å². The van der Waals surface area contributed by atoms with E-state index in [2.05, 4.69) is 75.3 Å². The number of ether oxygens (including phenoxy) is 3. The molecule has 0 radical (unpaired) electrons. The molecule has 3 N–H and O–H groups in total. The van der Waals surface area contributed by atoms with E-state index in [1.54, 1.807) is 19.2 Å². The first-order valence-corrected chi connectivity index (χ1v) is 22.1. The summed E-state index contributed by atoms with van der Waals surface area (Å²) >= 11 is 0. The third kappa shape index (κ3) is 5.46. The van der Waals surface area contributed by atoms with Gasteiger partial charge in [-0.2, -0.15) is 0 Å². The van der Waals surface area contributed by atoms with Crippen molar-refractivity contribution in [2.24, 2.45) is 11.3 Å². The molecule has 1 spiro atoms. The molecule has 1 saturated heterocycles. The monoisotopic (exact) mass is 843 g/mol. The van der Waals surface area contributed by atoms with Gasteiger partial charge in [-0.1, -0.05) is 55.8 Å². The number of likely N-dealkylation sites (N-methyl/N-ethyl adjacent to an activating group) is 1. The Morgan fingerprint density at radius 1 is 1.05 bits per heavy atom. The zero-order valence-corrected chi connectivity index (χ0v) is 36.5. The number of aliphatic hydroxyl groups is 1. The molecule has 10 rings (SSSR count). The highest BCUT2D eigenvalue weighted by Gasteiger charge is 2.78. The summed E-state index contributed by atoms with van der Waals surface area (Å²) in [5, 5.41) is 17.9. The lowest BCUT2D eigenvalue weighted by Crippen LogP contribution is -2.81. The van der Waals surface area contributed by atoms with Crippen molar-refractivity contribution in [1.82, 2.24) is 20.1 Å². The molecule has 1 saturated carbocycles. The second-order valence-electron chi connectivity index (χ2n) is 18.5. The number of fused-ring (bicyclic) bond motifs is 6. The molecule has 13 heteroatoms. The number of carbonyl (C=O) groups is 3. The van der Waals surface area contributed by atoms with Crippen molar-refractivity contribution in [3.8, 4) is 5.75 Å². The molecule has 1 aliphatic carbocycles. The number of nitrogens with one attached hydrogen (secondary N) is 2. The van der Waals surface area contributed by atoms with Gasteiger partial charge in [0.05, 0.1) is 33.1 Å². The van der Waals surface area contributed by atoms with Crippen molar-refractivity contribution in [2.45, 2.75) is 87.6 Å². The Morgan fingerprint density at radius 3 is 2.60 bits per heavy atom. The van der Waals surface area contributed by atoms with Gasteiger partial charge in [-0.15, -0.1) is 0 Å². The zero-order chi connectivity index (χ0) is 43.3. The fourth-order valence-corrected chi connectivity index (χ4v) is 13.5. The normalized spacial score (nSPS) is 33.0. The topological polar surface area (TPSA) is 150 Å². The molecule has 1 amide bonds. The van der Waals surface area contributed by atoms with Gasteiger partial charge in [0.1, 0.15) is 22.9 Å². The zero-order valence-electron chi connectivity index (χ0n) is 36.5. The minimum absolute atomic E-state index is 0.0316. The average molecular weight is 844 g/mol. The summed E-state index contributed by atoms with van der Waals surface area (Å²) in [5.74, 6) is -0.706. The Balaban J connectivity index is 1.24. The van der Waals surface area contributed by atoms with Crippen LogP contribution in [0.3, 0.4) is 0 Å². The molecular weight excluding hydrogens is 787 g/mol. The number of esters is 2. The highest BCUT2D eigenvalue weighted by molar-refractivity contribution is 5.95. The van der Waals surface area contributed by atoms with Gasteiger partial charge < -0.3 is 38.9 Å². The molecule has 2 aromatic heterocycles. The Labute approximate surface area is 362 Å². The van der Waals surface area contributed by atoms with Gasteiger partial charge in [-0.05, 0) is 73.5 Å². The van der Waals surface area contributed by atoms with Gasteiger partial charge >= 0.3 is 11.9 Å². The predicted octanol–water partition coefficient (Wildman–Crippen LogP) is 5.60. The number of para-hydroxylation sites is 1. The van der Waals surface area contributed by atoms with Gasteiger partial charge in [-0.3, -0.25) is 24.2 Å². The van der Waals surface area contributed by atoms with Crippen LogP contribution in [0.4, 0.5) is 5.69 Å². The summed E-state index contributed by atoms with van der Waals surface area (Å²) in [6.07, 6.45) is 9.61. The molecule has 13 nitrogen and oxygen atoms in total. The van der Waals surface area contributed by atoms with Crippen LogP contribution in [0.1, 0.15) is 79.4 Å². The van der Waals surface area contributed by atoms with E-state index >= 15 is 4.79 Å². The first-order valence-electron chi connectivity index (χ1n) is 22.1. The largest absolute Gasteiger partial charge is 0.496 e. The van der Waals surface area contributed by atoms with E-state index < -0.39 is 45.9 Å². The molecule has 2 aromatic carbocycles. The number of hydrogen-bond acceptors (Lipinski definition) is 11. The van der Waals surface area contributed by atoms with Crippen LogP contribution in [0, 0.1) is 11.3 Å². The minimum Gasteiger partial charge on any atom is -0.496 e. The number of aromatic amines is 1. The fourth-order valence-electron chi connectivity index (χ4n) is 13.5. The fraction of sp³-hybridized carbons (Fsp3) is 0.490. The van der Waals surface area contributed by atoms with Gasteiger partial charge in [0.25, 0.3) is 5.91 Å². The van der Waals surface area contributed by atoms with Crippen molar-refractivity contribution < 1.29 is 38.1 Å². The van der Waals surface area contributed by atoms with Crippen LogP contribution < -0.4 is 15.0 Å². The number of aromatic nitrogens is 1. The lowest BCUT2D eigenvalue weighted by Gasteiger charge is -2.64. The maximum atomic E-state index is 15.3. The van der Waals surface area contributed by atoms with Crippen LogP contribution >= 0.6 is 0 Å². The average Bonchev–Trinajstić information content (AvgIpc) is 4.08. The smallest absolute Gasteiger partial charge is 0.322 e. The number of nitrogens with zero attached hydrogens (tertiary/aromatic N) is 3. The standard InChI is InChI=1S/C49H57N5O8/c1-7-30-21-31-24-48(45(57)60-6,40-33(27-53(25-30)26-31)32-13-9-10-14-36(32)51-40)35-22-34-37(23-39(35)59-5)52(4)43-47(34)17-19-54-18-12-16-46(8-2,42(47)54)44(62-29(3)55)49(43,58)28-50-41(56)38-15-11-20-61-38/h9-16,20-23,31,42-44,51,58H,7-8,17-19,24-28H2,1-6H3,(H,50,56)/t31-,42-,43+,44+,46+,47+,48-,49-/m0/s1. The summed E-state index contributed by atoms with van der Waals surface area (Å²) in [4.78, 5) is 53.0. The van der Waals surface area contributed by atoms with E-state index in [1.165, 1.54) is 25.9 Å². The van der Waals surface area contributed by atoms with Crippen LogP contribution in [0.25, 0.3) is 10.9 Å². The SMILES string of the molecule is CCC1=C[C@@H]2CN(C1)Cc1c([nH]c3ccccc13)[C@@](C(=O)OC)(c1cc3c(cc1OC)N(C)[C@H]1[C@@](O)(CNC(=O)c4ccco4)[C@H](OC(C)=O)[C@]4(CC)C=CCN5CC[C@]31[C@@H]54)C2. The van der Waals surface area contributed by atoms with E-state index in [1.807, 2.05) is 25.2 Å². The molecule has 6 aliphatic rings. The summed E-state index contributed by atoms with van der Waals surface area (Å²) in [6.45, 7) is 9.17. The van der Waals surface area contributed by atoms with Crippen molar-refractivity contribution in [1.29, 1.82) is 0 Å². The third-order valence-corrected chi connectivity index (χ3v) is 15.6. The van der Waals surface area contributed by atoms with Crippen molar-refractivity contribution in [2.75, 3.05) is 58.9 Å². The number of methoxy groups -OCH3 is 2. The second kappa shape index (κ2) is 14.6. The molecule has 4 aromatic rings. The van der Waals surface area contributed by atoms with Gasteiger partial charge in [0.2, 0.25) is 0 Å². The Kier molecular flexibility index (Phi) is 9.58. The van der Waals surface area contributed by atoms with E-state index in [-0.39, 0.29) is 30.2 Å². The third-order valence-electron chi connectivity index (χ3n) is 15.6. The highest BCUT2D eigenvalue weighted by atomic mass is 16.6. The molecule has 5 aliphatic heterocycles. The number of amides is 1. The number of rotatable bonds is 9. The minimum atomic E-state index is -1.82. The first-order chi connectivity index (χ1) is 29.9. The van der Waals surface area contributed by atoms with E-state index in [9.17, 15) is 14.7 Å². The lowest BCUT2D eigenvalue weighted by molar-refractivity contribution is -0.216. The summed E-state index contributed by atoms with van der Waals surface area (Å²) < 4.78 is 24.2. The number of furan rings is 1. The highest BCUT2D eigenvalue weighted by Crippen LogP contribution is 2.68. The molecule has 62 heavy (non-hydrogen) atoms. The molecule has 2 fully saturated rings. The van der Waals surface area contributed by atoms with Gasteiger partial charge in [-0.25, -0.2) is 0 Å². The molecule has 2 bridgehead atoms. The van der Waals surface area contributed by atoms with E-state index in [0.29, 0.717) is 43.7 Å². The molecular formula is C49H57N5O8. The predicted molar refractivity (Wildman–Crippen MR) is 233 cm³/mol. The van der Waals surface area contributed by atoms with Crippen LogP contribution in [0.5, 0.6) is 5.75 Å². The Bertz CT molecular complexity index is 2530. The Hall–Kier alpha value is -5.37. The molecule has 7 heterocycles. The lowest BCUT2D eigenvalue weighted by atomic mass is 9.47.